The number of pyridine rings is 1. The number of benzene rings is 1. The lowest BCUT2D eigenvalue weighted by atomic mass is 9.95. The lowest BCUT2D eigenvalue weighted by Crippen LogP contribution is -2.36. The number of hydrogen-bond acceptors (Lipinski definition) is 9. The second-order valence-corrected chi connectivity index (χ2v) is 9.10. The molecule has 6 rings (SSSR count). The first-order chi connectivity index (χ1) is 16.5. The number of nitrogens with one attached hydrogen (secondary N) is 1. The SMILES string of the molecule is Cc1c([C@H](O)CN2CC3C(C2)C3NC(=O)c2ccc(-n3cnnn3)cn2)ccc2c1COC2=O. The van der Waals surface area contributed by atoms with Crippen molar-refractivity contribution in [3.8, 4) is 5.69 Å². The Hall–Kier alpha value is -3.70. The van der Waals surface area contributed by atoms with Gasteiger partial charge >= 0.3 is 5.97 Å². The summed E-state index contributed by atoms with van der Waals surface area (Å²) in [5.41, 5.74) is 4.24. The quantitative estimate of drug-likeness (QED) is 0.501. The van der Waals surface area contributed by atoms with Gasteiger partial charge in [0.2, 0.25) is 0 Å². The van der Waals surface area contributed by atoms with Gasteiger partial charge in [0, 0.05) is 31.2 Å². The minimum Gasteiger partial charge on any atom is -0.457 e. The number of ether oxygens (including phenoxy) is 1. The summed E-state index contributed by atoms with van der Waals surface area (Å²) in [6, 6.07) is 7.10. The van der Waals surface area contributed by atoms with Gasteiger partial charge in [-0.2, -0.15) is 4.68 Å². The van der Waals surface area contributed by atoms with Crippen LogP contribution in [0.25, 0.3) is 5.69 Å². The lowest BCUT2D eigenvalue weighted by molar-refractivity contribution is 0.0534. The summed E-state index contributed by atoms with van der Waals surface area (Å²) in [6.07, 6.45) is 2.38. The summed E-state index contributed by atoms with van der Waals surface area (Å²) in [7, 11) is 0. The summed E-state index contributed by atoms with van der Waals surface area (Å²) < 4.78 is 6.58. The van der Waals surface area contributed by atoms with Crippen LogP contribution in [0.15, 0.2) is 36.8 Å². The van der Waals surface area contributed by atoms with Gasteiger partial charge in [0.25, 0.3) is 5.91 Å². The average Bonchev–Trinajstić information content (AvgIpc) is 3.34. The van der Waals surface area contributed by atoms with E-state index in [2.05, 4.69) is 30.7 Å². The van der Waals surface area contributed by atoms with Gasteiger partial charge in [-0.1, -0.05) is 6.07 Å². The maximum absolute atomic E-state index is 12.6. The van der Waals surface area contributed by atoms with E-state index in [0.717, 1.165) is 29.8 Å². The van der Waals surface area contributed by atoms with Crippen molar-refractivity contribution in [3.05, 3.63) is 64.7 Å². The van der Waals surface area contributed by atoms with E-state index in [1.54, 1.807) is 24.4 Å². The molecule has 11 nitrogen and oxygen atoms in total. The number of fused-ring (bicyclic) bond motifs is 2. The maximum Gasteiger partial charge on any atom is 0.338 e. The highest BCUT2D eigenvalue weighted by atomic mass is 16.5. The van der Waals surface area contributed by atoms with Gasteiger partial charge in [-0.05, 0) is 58.5 Å². The molecule has 1 saturated carbocycles. The molecule has 1 aromatic carbocycles. The predicted molar refractivity (Wildman–Crippen MR) is 117 cm³/mol. The van der Waals surface area contributed by atoms with E-state index in [9.17, 15) is 14.7 Å². The maximum atomic E-state index is 12.6. The van der Waals surface area contributed by atoms with Crippen LogP contribution in [0, 0.1) is 18.8 Å². The number of carbonyl (C=O) groups excluding carboxylic acids is 2. The molecule has 4 heterocycles. The zero-order chi connectivity index (χ0) is 23.4. The second kappa shape index (κ2) is 7.96. The largest absolute Gasteiger partial charge is 0.457 e. The first-order valence-electron chi connectivity index (χ1n) is 11.2. The number of aliphatic hydroxyl groups excluding tert-OH is 1. The van der Waals surface area contributed by atoms with Crippen LogP contribution in [-0.4, -0.2) is 72.8 Å². The smallest absolute Gasteiger partial charge is 0.338 e. The number of esters is 1. The number of likely N-dealkylation sites (tertiary alicyclic amines) is 1. The molecule has 0 bridgehead atoms. The van der Waals surface area contributed by atoms with Crippen molar-refractivity contribution >= 4 is 11.9 Å². The van der Waals surface area contributed by atoms with Gasteiger partial charge in [-0.3, -0.25) is 9.69 Å². The number of β-amino-alcohol motifs (C(OH)–C–C–N with tert-alkyl or cyclic N) is 1. The number of piperidine rings is 1. The van der Waals surface area contributed by atoms with Crippen molar-refractivity contribution in [2.75, 3.05) is 19.6 Å². The highest BCUT2D eigenvalue weighted by Gasteiger charge is 2.56. The summed E-state index contributed by atoms with van der Waals surface area (Å²) in [5.74, 6) is 0.262. The third-order valence-corrected chi connectivity index (χ3v) is 7.16. The van der Waals surface area contributed by atoms with E-state index >= 15 is 0 Å². The van der Waals surface area contributed by atoms with E-state index in [0.29, 0.717) is 35.3 Å². The Morgan fingerprint density at radius 1 is 1.26 bits per heavy atom. The summed E-state index contributed by atoms with van der Waals surface area (Å²) in [5, 5.41) is 24.9. The third kappa shape index (κ3) is 3.53. The minimum absolute atomic E-state index is 0.131. The molecule has 3 aliphatic rings. The van der Waals surface area contributed by atoms with Crippen LogP contribution >= 0.6 is 0 Å². The van der Waals surface area contributed by atoms with Gasteiger partial charge < -0.3 is 15.2 Å². The van der Waals surface area contributed by atoms with Crippen LogP contribution in [0.4, 0.5) is 0 Å². The van der Waals surface area contributed by atoms with E-state index < -0.39 is 6.10 Å². The van der Waals surface area contributed by atoms with E-state index in [4.69, 9.17) is 4.74 Å². The van der Waals surface area contributed by atoms with Crippen LogP contribution in [0.5, 0.6) is 0 Å². The van der Waals surface area contributed by atoms with Gasteiger partial charge in [0.15, 0.2) is 0 Å². The van der Waals surface area contributed by atoms with Crippen molar-refractivity contribution in [2.45, 2.75) is 25.7 Å². The monoisotopic (exact) mass is 461 g/mol. The first kappa shape index (κ1) is 20.9. The van der Waals surface area contributed by atoms with Crippen molar-refractivity contribution in [1.29, 1.82) is 0 Å². The molecule has 1 amide bonds. The zero-order valence-electron chi connectivity index (χ0n) is 18.5. The highest BCUT2D eigenvalue weighted by molar-refractivity contribution is 5.94. The number of tetrazole rings is 1. The van der Waals surface area contributed by atoms with Gasteiger partial charge in [-0.15, -0.1) is 5.10 Å². The van der Waals surface area contributed by atoms with Crippen molar-refractivity contribution in [2.24, 2.45) is 11.8 Å². The number of nitrogens with zero attached hydrogens (tertiary/aromatic N) is 6. The Morgan fingerprint density at radius 2 is 2.09 bits per heavy atom. The molecule has 2 aromatic heterocycles. The zero-order valence-corrected chi connectivity index (χ0v) is 18.5. The number of aromatic nitrogens is 5. The first-order valence-corrected chi connectivity index (χ1v) is 11.2. The molecule has 2 aliphatic heterocycles. The van der Waals surface area contributed by atoms with Gasteiger partial charge in [-0.25, -0.2) is 9.78 Å². The van der Waals surface area contributed by atoms with E-state index in [1.807, 2.05) is 13.0 Å². The minimum atomic E-state index is -0.644. The summed E-state index contributed by atoms with van der Waals surface area (Å²) in [6.45, 7) is 4.36. The normalized spacial score (nSPS) is 23.8. The number of carbonyl (C=O) groups is 2. The fourth-order valence-electron chi connectivity index (χ4n) is 5.21. The van der Waals surface area contributed by atoms with E-state index in [-0.39, 0.29) is 24.5 Å². The number of amides is 1. The molecule has 3 aromatic rings. The fourth-order valence-corrected chi connectivity index (χ4v) is 5.21. The van der Waals surface area contributed by atoms with Crippen LogP contribution < -0.4 is 5.32 Å². The Labute approximate surface area is 194 Å². The molecular formula is C23H23N7O4. The van der Waals surface area contributed by atoms with Crippen LogP contribution in [0.3, 0.4) is 0 Å². The molecule has 0 radical (unpaired) electrons. The molecule has 2 fully saturated rings. The molecule has 2 N–H and O–H groups in total. The fraction of sp³-hybridized carbons (Fsp3) is 0.391. The summed E-state index contributed by atoms with van der Waals surface area (Å²) in [4.78, 5) is 30.8. The van der Waals surface area contributed by atoms with Gasteiger partial charge in [0.1, 0.15) is 18.6 Å². The Balaban J connectivity index is 1.02. The Morgan fingerprint density at radius 3 is 2.79 bits per heavy atom. The standard InChI is InChI=1S/C23H23N7O4/c1-12-14(3-4-15-18(12)10-34-23(15)33)20(31)9-29-7-16-17(8-29)21(16)26-22(32)19-5-2-13(6-24-19)30-11-25-27-28-30/h2-6,11,16-17,20-21,31H,7-10H2,1H3,(H,26,32)/t16?,17?,20-,21?/m1/s1. The molecule has 174 valence electrons. The average molecular weight is 461 g/mol. The number of cyclic esters (lactones) is 1. The number of rotatable bonds is 6. The Bertz CT molecular complexity index is 1250. The lowest BCUT2D eigenvalue weighted by Gasteiger charge is -2.24. The van der Waals surface area contributed by atoms with Crippen LogP contribution in [0.1, 0.15) is 43.6 Å². The molecule has 34 heavy (non-hydrogen) atoms. The topological polar surface area (TPSA) is 135 Å². The molecule has 0 spiro atoms. The number of aliphatic hydroxyl groups is 1. The molecule has 1 aliphatic carbocycles. The molecule has 1 saturated heterocycles. The number of hydrogen-bond donors (Lipinski definition) is 2. The van der Waals surface area contributed by atoms with Gasteiger partial charge in [0.05, 0.1) is 23.6 Å². The van der Waals surface area contributed by atoms with Crippen molar-refractivity contribution in [1.82, 2.24) is 35.4 Å². The van der Waals surface area contributed by atoms with Crippen LogP contribution in [0.2, 0.25) is 0 Å². The molecule has 2 unspecified atom stereocenters. The molecule has 3 atom stereocenters. The summed E-state index contributed by atoms with van der Waals surface area (Å²) >= 11 is 0. The Kier molecular flexibility index (Phi) is 4.89. The molecular weight excluding hydrogens is 438 g/mol. The second-order valence-electron chi connectivity index (χ2n) is 9.10. The predicted octanol–water partition coefficient (Wildman–Crippen LogP) is 0.430. The highest BCUT2D eigenvalue weighted by Crippen LogP contribution is 2.46. The molecule has 11 heteroatoms. The third-order valence-electron chi connectivity index (χ3n) is 7.16. The van der Waals surface area contributed by atoms with Crippen molar-refractivity contribution in [3.63, 3.8) is 0 Å². The van der Waals surface area contributed by atoms with Crippen LogP contribution in [-0.2, 0) is 11.3 Å². The van der Waals surface area contributed by atoms with E-state index in [1.165, 1.54) is 11.0 Å². The van der Waals surface area contributed by atoms with Crippen molar-refractivity contribution < 1.29 is 19.4 Å².